The van der Waals surface area contributed by atoms with Gasteiger partial charge in [-0.15, -0.1) is 0 Å². The number of hydrogen-bond donors (Lipinski definition) is 2. The summed E-state index contributed by atoms with van der Waals surface area (Å²) < 4.78 is 4.94. The molecule has 1 aromatic rings. The summed E-state index contributed by atoms with van der Waals surface area (Å²) in [6.07, 6.45) is -0.266. The summed E-state index contributed by atoms with van der Waals surface area (Å²) >= 11 is 5.85. The average Bonchev–Trinajstić information content (AvgIpc) is 2.28. The van der Waals surface area contributed by atoms with Gasteiger partial charge < -0.3 is 15.6 Å². The lowest BCUT2D eigenvalue weighted by Gasteiger charge is -2.07. The van der Waals surface area contributed by atoms with Crippen molar-refractivity contribution in [3.8, 4) is 5.75 Å². The number of hydrogen-bond acceptors (Lipinski definition) is 4. The average molecular weight is 258 g/mol. The number of rotatable bonds is 5. The largest absolute Gasteiger partial charge is 0.495 e. The topological polar surface area (TPSA) is 89.6 Å². The molecule has 1 aromatic carbocycles. The predicted octanol–water partition coefficient (Wildman–Crippen LogP) is 1.33. The summed E-state index contributed by atoms with van der Waals surface area (Å²) in [6, 6.07) is 3.28. The molecule has 0 unspecified atom stereocenters. The van der Waals surface area contributed by atoms with Crippen LogP contribution >= 0.6 is 11.6 Å². The van der Waals surface area contributed by atoms with Crippen molar-refractivity contribution >= 4 is 23.4 Å². The van der Waals surface area contributed by atoms with Crippen molar-refractivity contribution in [1.29, 1.82) is 0 Å². The van der Waals surface area contributed by atoms with Gasteiger partial charge in [0.25, 0.3) is 0 Å². The first-order valence-corrected chi connectivity index (χ1v) is 5.18. The molecule has 0 bridgehead atoms. The van der Waals surface area contributed by atoms with E-state index in [1.165, 1.54) is 19.2 Å². The first-order valence-electron chi connectivity index (χ1n) is 4.81. The van der Waals surface area contributed by atoms with Crippen LogP contribution in [0.3, 0.4) is 0 Å². The highest BCUT2D eigenvalue weighted by Crippen LogP contribution is 2.25. The minimum absolute atomic E-state index is 0.266. The Morgan fingerprint density at radius 2 is 2.18 bits per heavy atom. The molecule has 0 saturated heterocycles. The van der Waals surface area contributed by atoms with Crippen molar-refractivity contribution in [2.24, 2.45) is 5.73 Å². The molecule has 0 aliphatic rings. The third kappa shape index (κ3) is 3.44. The molecule has 1 rings (SSSR count). The van der Waals surface area contributed by atoms with E-state index in [2.05, 4.69) is 0 Å². The van der Waals surface area contributed by atoms with Gasteiger partial charge in [0.05, 0.1) is 12.1 Å². The zero-order chi connectivity index (χ0) is 13.0. The van der Waals surface area contributed by atoms with Crippen LogP contribution in [0.2, 0.25) is 5.02 Å². The van der Waals surface area contributed by atoms with Crippen LogP contribution in [0.5, 0.6) is 5.75 Å². The van der Waals surface area contributed by atoms with Crippen molar-refractivity contribution in [3.63, 3.8) is 0 Å². The summed E-state index contributed by atoms with van der Waals surface area (Å²) in [6.45, 7) is 0. The first kappa shape index (κ1) is 13.5. The molecular weight excluding hydrogens is 246 g/mol. The molecular formula is C11H12ClNO4. The number of aliphatic carboxylic acids is 1. The van der Waals surface area contributed by atoms with Crippen molar-refractivity contribution < 1.29 is 19.4 Å². The van der Waals surface area contributed by atoms with Crippen LogP contribution in [0, 0.1) is 0 Å². The maximum Gasteiger partial charge on any atom is 0.320 e. The van der Waals surface area contributed by atoms with E-state index in [9.17, 15) is 9.59 Å². The lowest BCUT2D eigenvalue weighted by Crippen LogP contribution is -2.32. The number of benzene rings is 1. The Morgan fingerprint density at radius 3 is 2.65 bits per heavy atom. The number of halogens is 1. The fourth-order valence-corrected chi connectivity index (χ4v) is 1.50. The predicted molar refractivity (Wildman–Crippen MR) is 62.6 cm³/mol. The fraction of sp³-hybridized carbons (Fsp3) is 0.273. The second-order valence-corrected chi connectivity index (χ2v) is 3.83. The zero-order valence-corrected chi connectivity index (χ0v) is 9.90. The van der Waals surface area contributed by atoms with Crippen LogP contribution < -0.4 is 10.5 Å². The highest BCUT2D eigenvalue weighted by atomic mass is 35.5. The number of methoxy groups -OCH3 is 1. The normalized spacial score (nSPS) is 11.9. The molecule has 0 aliphatic heterocycles. The van der Waals surface area contributed by atoms with Gasteiger partial charge in [0.15, 0.2) is 5.78 Å². The number of carboxylic acid groups (broad SMARTS) is 1. The van der Waals surface area contributed by atoms with E-state index in [1.807, 2.05) is 0 Å². The van der Waals surface area contributed by atoms with Crippen LogP contribution in [-0.2, 0) is 4.79 Å². The van der Waals surface area contributed by atoms with Crippen molar-refractivity contribution in [2.45, 2.75) is 12.5 Å². The molecule has 0 heterocycles. The molecule has 5 nitrogen and oxygen atoms in total. The number of nitrogens with two attached hydrogens (primary N) is 1. The molecule has 6 heteroatoms. The van der Waals surface area contributed by atoms with Crippen LogP contribution in [-0.4, -0.2) is 30.0 Å². The van der Waals surface area contributed by atoms with Gasteiger partial charge in [-0.25, -0.2) is 0 Å². The lowest BCUT2D eigenvalue weighted by atomic mass is 10.0. The third-order valence-electron chi connectivity index (χ3n) is 2.20. The van der Waals surface area contributed by atoms with Gasteiger partial charge in [0.2, 0.25) is 0 Å². The number of ether oxygens (including phenoxy) is 1. The molecule has 0 saturated carbocycles. The minimum atomic E-state index is -1.21. The molecule has 1 atom stereocenters. The SMILES string of the molecule is COc1ccc(C(=O)C[C@H](N)C(=O)O)cc1Cl. The third-order valence-corrected chi connectivity index (χ3v) is 2.49. The summed E-state index contributed by atoms with van der Waals surface area (Å²) in [7, 11) is 1.46. The smallest absolute Gasteiger partial charge is 0.320 e. The Balaban J connectivity index is 2.83. The molecule has 3 N–H and O–H groups in total. The van der Waals surface area contributed by atoms with Crippen LogP contribution in [0.15, 0.2) is 18.2 Å². The number of Topliss-reactive ketones (excluding diaryl/α,β-unsaturated/α-hetero) is 1. The molecule has 0 amide bonds. The molecule has 0 aromatic heterocycles. The molecule has 0 radical (unpaired) electrons. The van der Waals surface area contributed by atoms with E-state index in [0.29, 0.717) is 16.3 Å². The summed E-state index contributed by atoms with van der Waals surface area (Å²) in [5.41, 5.74) is 5.58. The zero-order valence-electron chi connectivity index (χ0n) is 9.14. The maximum absolute atomic E-state index is 11.7. The number of carbonyl (C=O) groups is 2. The fourth-order valence-electron chi connectivity index (χ4n) is 1.24. The van der Waals surface area contributed by atoms with Gasteiger partial charge in [-0.2, -0.15) is 0 Å². The molecule has 17 heavy (non-hydrogen) atoms. The highest BCUT2D eigenvalue weighted by Gasteiger charge is 2.18. The Labute approximate surface area is 103 Å². The number of carbonyl (C=O) groups excluding carboxylic acids is 1. The first-order chi connectivity index (χ1) is 7.95. The van der Waals surface area contributed by atoms with E-state index in [4.69, 9.17) is 27.2 Å². The summed E-state index contributed by atoms with van der Waals surface area (Å²) in [5, 5.41) is 8.89. The number of ketones is 1. The maximum atomic E-state index is 11.7. The van der Waals surface area contributed by atoms with E-state index >= 15 is 0 Å². The van der Waals surface area contributed by atoms with Gasteiger partial charge in [-0.1, -0.05) is 11.6 Å². The second kappa shape index (κ2) is 5.65. The molecule has 0 fully saturated rings. The van der Waals surface area contributed by atoms with Crippen LogP contribution in [0.1, 0.15) is 16.8 Å². The monoisotopic (exact) mass is 257 g/mol. The summed E-state index contributed by atoms with van der Waals surface area (Å²) in [4.78, 5) is 22.2. The van der Waals surface area contributed by atoms with Crippen molar-refractivity contribution in [3.05, 3.63) is 28.8 Å². The van der Waals surface area contributed by atoms with E-state index in [-0.39, 0.29) is 12.2 Å². The lowest BCUT2D eigenvalue weighted by molar-refractivity contribution is -0.138. The van der Waals surface area contributed by atoms with Gasteiger partial charge in [0.1, 0.15) is 11.8 Å². The van der Waals surface area contributed by atoms with Gasteiger partial charge in [-0.3, -0.25) is 9.59 Å². The van der Waals surface area contributed by atoms with E-state index in [1.54, 1.807) is 6.07 Å². The summed E-state index contributed by atoms with van der Waals surface area (Å²) in [5.74, 6) is -1.13. The molecule has 0 aliphatic carbocycles. The Morgan fingerprint density at radius 1 is 1.53 bits per heavy atom. The van der Waals surface area contributed by atoms with Gasteiger partial charge >= 0.3 is 5.97 Å². The number of carboxylic acids is 1. The minimum Gasteiger partial charge on any atom is -0.495 e. The second-order valence-electron chi connectivity index (χ2n) is 3.42. The quantitative estimate of drug-likeness (QED) is 0.777. The van der Waals surface area contributed by atoms with Crippen molar-refractivity contribution in [2.75, 3.05) is 7.11 Å². The van der Waals surface area contributed by atoms with Crippen LogP contribution in [0.25, 0.3) is 0 Å². The van der Waals surface area contributed by atoms with Crippen molar-refractivity contribution in [1.82, 2.24) is 0 Å². The van der Waals surface area contributed by atoms with Gasteiger partial charge in [-0.05, 0) is 18.2 Å². The Hall–Kier alpha value is -1.59. The Bertz CT molecular complexity index is 447. The van der Waals surface area contributed by atoms with Crippen LogP contribution in [0.4, 0.5) is 0 Å². The highest BCUT2D eigenvalue weighted by molar-refractivity contribution is 6.32. The molecule has 0 spiro atoms. The van der Waals surface area contributed by atoms with E-state index < -0.39 is 12.0 Å². The van der Waals surface area contributed by atoms with E-state index in [0.717, 1.165) is 0 Å². The standard InChI is InChI=1S/C11H12ClNO4/c1-17-10-3-2-6(4-7(10)12)9(14)5-8(13)11(15)16/h2-4,8H,5,13H2,1H3,(H,15,16)/t8-/m0/s1. The Kier molecular flexibility index (Phi) is 4.48. The van der Waals surface area contributed by atoms with Gasteiger partial charge in [0, 0.05) is 12.0 Å². The molecule has 92 valence electrons.